The van der Waals surface area contributed by atoms with Gasteiger partial charge in [0.25, 0.3) is 0 Å². The molecule has 1 aliphatic rings. The minimum absolute atomic E-state index is 0.332. The molecular weight excluding hydrogens is 248 g/mol. The Morgan fingerprint density at radius 1 is 1.39 bits per heavy atom. The van der Waals surface area contributed by atoms with E-state index in [1.807, 2.05) is 0 Å². The molecule has 3 nitrogen and oxygen atoms in total. The van der Waals surface area contributed by atoms with Crippen molar-refractivity contribution in [1.29, 1.82) is 0 Å². The van der Waals surface area contributed by atoms with Crippen LogP contribution in [0.4, 0.5) is 0 Å². The molecule has 1 heterocycles. The summed E-state index contributed by atoms with van der Waals surface area (Å²) >= 11 is 5.96. The van der Waals surface area contributed by atoms with Gasteiger partial charge in [-0.3, -0.25) is 0 Å². The average molecular weight is 267 g/mol. The molecule has 0 amide bonds. The number of nitrogens with zero attached hydrogens (tertiary/aromatic N) is 1. The zero-order chi connectivity index (χ0) is 13.0. The van der Waals surface area contributed by atoms with Gasteiger partial charge in [-0.1, -0.05) is 30.7 Å². The van der Waals surface area contributed by atoms with Gasteiger partial charge in [0.1, 0.15) is 0 Å². The third kappa shape index (κ3) is 3.24. The number of pyridine rings is 1. The second-order valence-corrected chi connectivity index (χ2v) is 5.18. The molecular formula is C14H19ClN2O. The fourth-order valence-corrected chi connectivity index (χ4v) is 2.30. The summed E-state index contributed by atoms with van der Waals surface area (Å²) in [4.78, 5) is 4.30. The topological polar surface area (TPSA) is 48.1 Å². The summed E-state index contributed by atoms with van der Waals surface area (Å²) in [5, 5.41) is 0.596. The average Bonchev–Trinajstić information content (AvgIpc) is 2.39. The smallest absolute Gasteiger partial charge is 0.213 e. The van der Waals surface area contributed by atoms with Gasteiger partial charge >= 0.3 is 0 Å². The maximum Gasteiger partial charge on any atom is 0.213 e. The molecule has 4 heteroatoms. The predicted molar refractivity (Wildman–Crippen MR) is 73.7 cm³/mol. The number of allylic oxidation sites excluding steroid dienone is 2. The summed E-state index contributed by atoms with van der Waals surface area (Å²) in [5.74, 6) is 1.84. The van der Waals surface area contributed by atoms with Crippen LogP contribution in [-0.2, 0) is 6.54 Å². The summed E-state index contributed by atoms with van der Waals surface area (Å²) in [6.07, 6.45) is 6.69. The SMILES string of the molecule is CC1CC=CCC1COc1ccc(Cl)c(CN)n1. The minimum atomic E-state index is 0.332. The first-order valence-electron chi connectivity index (χ1n) is 6.34. The normalized spacial score (nSPS) is 23.1. The molecule has 1 aromatic heterocycles. The standard InChI is InChI=1S/C14H19ClN2O/c1-10-4-2-3-5-11(10)9-18-14-7-6-12(15)13(8-16)17-14/h2-3,6-7,10-11H,4-5,8-9,16H2,1H3. The molecule has 2 atom stereocenters. The van der Waals surface area contributed by atoms with Crippen LogP contribution in [0.2, 0.25) is 5.02 Å². The van der Waals surface area contributed by atoms with E-state index in [1.165, 1.54) is 0 Å². The van der Waals surface area contributed by atoms with Crippen molar-refractivity contribution >= 4 is 11.6 Å². The van der Waals surface area contributed by atoms with E-state index < -0.39 is 0 Å². The summed E-state index contributed by atoms with van der Waals surface area (Å²) in [7, 11) is 0. The highest BCUT2D eigenvalue weighted by molar-refractivity contribution is 6.31. The molecule has 2 unspecified atom stereocenters. The number of nitrogens with two attached hydrogens (primary N) is 1. The highest BCUT2D eigenvalue weighted by atomic mass is 35.5. The Hall–Kier alpha value is -1.06. The van der Waals surface area contributed by atoms with Crippen molar-refractivity contribution in [3.05, 3.63) is 35.0 Å². The largest absolute Gasteiger partial charge is 0.477 e. The van der Waals surface area contributed by atoms with Gasteiger partial charge in [0, 0.05) is 12.6 Å². The molecule has 0 saturated carbocycles. The van der Waals surface area contributed by atoms with Crippen LogP contribution in [0.15, 0.2) is 24.3 Å². The fraction of sp³-hybridized carbons (Fsp3) is 0.500. The first-order valence-corrected chi connectivity index (χ1v) is 6.71. The number of aromatic nitrogens is 1. The fourth-order valence-electron chi connectivity index (χ4n) is 2.12. The van der Waals surface area contributed by atoms with Crippen LogP contribution < -0.4 is 10.5 Å². The van der Waals surface area contributed by atoms with E-state index in [-0.39, 0.29) is 0 Å². The molecule has 98 valence electrons. The van der Waals surface area contributed by atoms with E-state index in [0.717, 1.165) is 12.8 Å². The molecule has 18 heavy (non-hydrogen) atoms. The highest BCUT2D eigenvalue weighted by Gasteiger charge is 2.19. The lowest BCUT2D eigenvalue weighted by Gasteiger charge is -2.24. The third-order valence-corrected chi connectivity index (χ3v) is 3.79. The highest BCUT2D eigenvalue weighted by Crippen LogP contribution is 2.26. The molecule has 0 aliphatic heterocycles. The van der Waals surface area contributed by atoms with Gasteiger partial charge in [-0.25, -0.2) is 4.98 Å². The molecule has 2 N–H and O–H groups in total. The van der Waals surface area contributed by atoms with Crippen molar-refractivity contribution in [2.24, 2.45) is 17.6 Å². The van der Waals surface area contributed by atoms with Gasteiger partial charge in [0.05, 0.1) is 17.3 Å². The van der Waals surface area contributed by atoms with Crippen LogP contribution in [0.25, 0.3) is 0 Å². The lowest BCUT2D eigenvalue weighted by Crippen LogP contribution is -2.21. The maximum atomic E-state index is 5.96. The minimum Gasteiger partial charge on any atom is -0.477 e. The van der Waals surface area contributed by atoms with E-state index in [9.17, 15) is 0 Å². The Balaban J connectivity index is 1.95. The lowest BCUT2D eigenvalue weighted by molar-refractivity contribution is 0.192. The molecule has 2 rings (SSSR count). The van der Waals surface area contributed by atoms with Crippen molar-refractivity contribution in [3.8, 4) is 5.88 Å². The summed E-state index contributed by atoms with van der Waals surface area (Å²) in [6, 6.07) is 3.58. The number of halogens is 1. The molecule has 1 aromatic rings. The van der Waals surface area contributed by atoms with Crippen molar-refractivity contribution in [2.45, 2.75) is 26.3 Å². The summed E-state index contributed by atoms with van der Waals surface area (Å²) < 4.78 is 5.75. The van der Waals surface area contributed by atoms with Crippen LogP contribution in [0.1, 0.15) is 25.5 Å². The quantitative estimate of drug-likeness (QED) is 0.852. The first-order chi connectivity index (χ1) is 8.70. The van der Waals surface area contributed by atoms with Crippen molar-refractivity contribution < 1.29 is 4.74 Å². The van der Waals surface area contributed by atoms with E-state index in [4.69, 9.17) is 22.1 Å². The second-order valence-electron chi connectivity index (χ2n) is 4.77. The molecule has 0 radical (unpaired) electrons. The Bertz CT molecular complexity index is 434. The zero-order valence-corrected chi connectivity index (χ0v) is 11.4. The van der Waals surface area contributed by atoms with Crippen LogP contribution >= 0.6 is 11.6 Å². The van der Waals surface area contributed by atoms with Crippen molar-refractivity contribution in [1.82, 2.24) is 4.98 Å². The van der Waals surface area contributed by atoms with Crippen LogP contribution in [0.3, 0.4) is 0 Å². The van der Waals surface area contributed by atoms with Crippen LogP contribution in [-0.4, -0.2) is 11.6 Å². The predicted octanol–water partition coefficient (Wildman–Crippen LogP) is 3.17. The molecule has 0 aromatic carbocycles. The van der Waals surface area contributed by atoms with Gasteiger partial charge in [-0.05, 0) is 30.7 Å². The van der Waals surface area contributed by atoms with Crippen molar-refractivity contribution in [3.63, 3.8) is 0 Å². The number of hydrogen-bond donors (Lipinski definition) is 1. The summed E-state index contributed by atoms with van der Waals surface area (Å²) in [5.41, 5.74) is 6.25. The number of ether oxygens (including phenoxy) is 1. The van der Waals surface area contributed by atoms with Crippen LogP contribution in [0.5, 0.6) is 5.88 Å². The van der Waals surface area contributed by atoms with Gasteiger partial charge in [-0.2, -0.15) is 0 Å². The Morgan fingerprint density at radius 2 is 2.17 bits per heavy atom. The second kappa shape index (κ2) is 6.21. The van der Waals surface area contributed by atoms with Gasteiger partial charge in [0.2, 0.25) is 5.88 Å². The molecule has 0 bridgehead atoms. The van der Waals surface area contributed by atoms with Gasteiger partial charge in [-0.15, -0.1) is 0 Å². The van der Waals surface area contributed by atoms with E-state index in [2.05, 4.69) is 24.1 Å². The Kier molecular flexibility index (Phi) is 4.61. The molecule has 0 saturated heterocycles. The maximum absolute atomic E-state index is 5.96. The summed E-state index contributed by atoms with van der Waals surface area (Å²) in [6.45, 7) is 3.29. The van der Waals surface area contributed by atoms with Gasteiger partial charge < -0.3 is 10.5 Å². The van der Waals surface area contributed by atoms with E-state index in [0.29, 0.717) is 41.6 Å². The van der Waals surface area contributed by atoms with E-state index in [1.54, 1.807) is 12.1 Å². The molecule has 1 aliphatic carbocycles. The number of rotatable bonds is 4. The first kappa shape index (κ1) is 13.4. The Morgan fingerprint density at radius 3 is 2.89 bits per heavy atom. The lowest BCUT2D eigenvalue weighted by atomic mass is 9.85. The van der Waals surface area contributed by atoms with E-state index >= 15 is 0 Å². The molecule has 0 spiro atoms. The zero-order valence-electron chi connectivity index (χ0n) is 10.6. The van der Waals surface area contributed by atoms with Crippen LogP contribution in [0, 0.1) is 11.8 Å². The van der Waals surface area contributed by atoms with Gasteiger partial charge in [0.15, 0.2) is 0 Å². The Labute approximate surface area is 113 Å². The number of hydrogen-bond acceptors (Lipinski definition) is 3. The van der Waals surface area contributed by atoms with Crippen molar-refractivity contribution in [2.75, 3.05) is 6.61 Å². The monoisotopic (exact) mass is 266 g/mol. The third-order valence-electron chi connectivity index (χ3n) is 3.45. The molecule has 0 fully saturated rings.